The van der Waals surface area contributed by atoms with Gasteiger partial charge in [-0.25, -0.2) is 9.59 Å². The van der Waals surface area contributed by atoms with Crippen LogP contribution in [0.3, 0.4) is 0 Å². The van der Waals surface area contributed by atoms with Crippen molar-refractivity contribution in [3.8, 4) is 0 Å². The van der Waals surface area contributed by atoms with E-state index >= 15 is 0 Å². The first kappa shape index (κ1) is 17.8. The molecule has 0 radical (unpaired) electrons. The van der Waals surface area contributed by atoms with E-state index in [9.17, 15) is 19.8 Å². The van der Waals surface area contributed by atoms with E-state index in [0.29, 0.717) is 6.42 Å². The van der Waals surface area contributed by atoms with E-state index in [1.165, 1.54) is 23.6 Å². The lowest BCUT2D eigenvalue weighted by Gasteiger charge is -2.36. The summed E-state index contributed by atoms with van der Waals surface area (Å²) >= 11 is 0. The van der Waals surface area contributed by atoms with Gasteiger partial charge in [-0.3, -0.25) is 9.80 Å². The molecule has 23 heavy (non-hydrogen) atoms. The Morgan fingerprint density at radius 1 is 0.783 bits per heavy atom. The van der Waals surface area contributed by atoms with Gasteiger partial charge in [-0.05, 0) is 48.0 Å². The molecule has 2 heterocycles. The van der Waals surface area contributed by atoms with Crippen LogP contribution in [0.1, 0.15) is 48.0 Å². The normalized spacial score (nSPS) is 35.5. The topological polar surface area (TPSA) is 99.5 Å². The molecule has 2 amide bonds. The average Bonchev–Trinajstić information content (AvgIpc) is 2.59. The molecule has 2 aliphatic heterocycles. The number of hydrogen-bond donors (Lipinski definition) is 2. The number of ether oxygens (including phenoxy) is 2. The summed E-state index contributed by atoms with van der Waals surface area (Å²) in [5, 5.41) is 21.0. The van der Waals surface area contributed by atoms with Gasteiger partial charge in [-0.1, -0.05) is 0 Å². The molecule has 0 aliphatic carbocycles. The summed E-state index contributed by atoms with van der Waals surface area (Å²) in [5.74, 6) is 0. The predicted octanol–water partition coefficient (Wildman–Crippen LogP) is 1.26. The van der Waals surface area contributed by atoms with E-state index in [4.69, 9.17) is 9.47 Å². The van der Waals surface area contributed by atoms with Crippen molar-refractivity contribution in [3.05, 3.63) is 0 Å². The maximum absolute atomic E-state index is 11.9. The number of aliphatic hydroxyl groups is 2. The summed E-state index contributed by atoms with van der Waals surface area (Å²) in [7, 11) is 0. The monoisotopic (exact) mass is 330 g/mol. The minimum absolute atomic E-state index is 0.190. The Morgan fingerprint density at radius 3 is 1.30 bits per heavy atom. The zero-order valence-electron chi connectivity index (χ0n) is 14.5. The van der Waals surface area contributed by atoms with Crippen molar-refractivity contribution >= 4 is 12.2 Å². The van der Waals surface area contributed by atoms with Gasteiger partial charge >= 0.3 is 12.2 Å². The Labute approximate surface area is 135 Å². The van der Waals surface area contributed by atoms with Gasteiger partial charge in [-0.2, -0.15) is 0 Å². The number of hydrogen-bond acceptors (Lipinski definition) is 6. The van der Waals surface area contributed by atoms with Gasteiger partial charge in [0.05, 0.1) is 0 Å². The van der Waals surface area contributed by atoms with E-state index in [1.807, 2.05) is 0 Å². The predicted molar refractivity (Wildman–Crippen MR) is 80.4 cm³/mol. The van der Waals surface area contributed by atoms with Crippen LogP contribution in [0, 0.1) is 0 Å². The van der Waals surface area contributed by atoms with Crippen molar-refractivity contribution in [1.82, 2.24) is 9.80 Å². The lowest BCUT2D eigenvalue weighted by Crippen LogP contribution is -2.55. The highest BCUT2D eigenvalue weighted by atomic mass is 16.6. The second-order valence-corrected chi connectivity index (χ2v) is 7.46. The minimum atomic E-state index is -1.45. The summed E-state index contributed by atoms with van der Waals surface area (Å²) in [4.78, 5) is 26.3. The number of rotatable bonds is 4. The van der Waals surface area contributed by atoms with Crippen LogP contribution in [0.4, 0.5) is 9.59 Å². The molecule has 2 unspecified atom stereocenters. The number of cyclic esters (lactones) is 2. The Kier molecular flexibility index (Phi) is 3.85. The fourth-order valence-electron chi connectivity index (χ4n) is 2.75. The second-order valence-electron chi connectivity index (χ2n) is 7.46. The maximum Gasteiger partial charge on any atom is 0.412 e. The summed E-state index contributed by atoms with van der Waals surface area (Å²) in [6.07, 6.45) is -0.838. The molecule has 0 aromatic heterocycles. The second kappa shape index (κ2) is 4.98. The lowest BCUT2D eigenvalue weighted by atomic mass is 9.95. The molecule has 2 N–H and O–H groups in total. The van der Waals surface area contributed by atoms with Gasteiger partial charge in [0, 0.05) is 13.1 Å². The van der Waals surface area contributed by atoms with E-state index < -0.39 is 34.8 Å². The fraction of sp³-hybridized carbons (Fsp3) is 0.867. The van der Waals surface area contributed by atoms with Crippen LogP contribution in [0.15, 0.2) is 0 Å². The van der Waals surface area contributed by atoms with E-state index in [1.54, 1.807) is 27.7 Å². The summed E-state index contributed by atoms with van der Waals surface area (Å²) < 4.78 is 10.4. The van der Waals surface area contributed by atoms with Crippen LogP contribution in [0.5, 0.6) is 0 Å². The van der Waals surface area contributed by atoms with Crippen LogP contribution in [0.25, 0.3) is 0 Å². The molecular formula is C15H26N2O6. The Hall–Kier alpha value is -1.54. The smallest absolute Gasteiger partial charge is 0.412 e. The highest BCUT2D eigenvalue weighted by molar-refractivity contribution is 5.72. The first-order valence-electron chi connectivity index (χ1n) is 7.70. The van der Waals surface area contributed by atoms with Gasteiger partial charge in [0.2, 0.25) is 0 Å². The molecule has 2 aliphatic rings. The summed E-state index contributed by atoms with van der Waals surface area (Å²) in [6, 6.07) is 0. The van der Waals surface area contributed by atoms with Crippen molar-refractivity contribution in [2.75, 3.05) is 13.1 Å². The molecule has 0 saturated carbocycles. The molecule has 2 saturated heterocycles. The zero-order valence-corrected chi connectivity index (χ0v) is 14.5. The third-order valence-corrected chi connectivity index (χ3v) is 5.22. The van der Waals surface area contributed by atoms with Crippen LogP contribution in [0.2, 0.25) is 0 Å². The van der Waals surface area contributed by atoms with Crippen LogP contribution in [-0.4, -0.2) is 67.9 Å². The summed E-state index contributed by atoms with van der Waals surface area (Å²) in [6.45, 7) is 9.95. The fourth-order valence-corrected chi connectivity index (χ4v) is 2.75. The van der Waals surface area contributed by atoms with Crippen molar-refractivity contribution in [1.29, 1.82) is 0 Å². The Morgan fingerprint density at radius 2 is 1.09 bits per heavy atom. The number of carbonyl (C=O) groups is 2. The highest BCUT2D eigenvalue weighted by Crippen LogP contribution is 2.38. The van der Waals surface area contributed by atoms with Gasteiger partial charge in [0.15, 0.2) is 22.7 Å². The van der Waals surface area contributed by atoms with E-state index in [-0.39, 0.29) is 13.1 Å². The maximum atomic E-state index is 11.9. The SMILES string of the molecule is CC1(C)OC(=O)N(CCCN2C(=O)OC(C)(C)C2(C)O)C1(C)O. The molecule has 0 spiro atoms. The quantitative estimate of drug-likeness (QED) is 0.805. The van der Waals surface area contributed by atoms with Crippen LogP contribution < -0.4 is 0 Å². The van der Waals surface area contributed by atoms with Gasteiger partial charge in [0.25, 0.3) is 0 Å². The van der Waals surface area contributed by atoms with E-state index in [2.05, 4.69) is 0 Å². The first-order valence-corrected chi connectivity index (χ1v) is 7.70. The van der Waals surface area contributed by atoms with Crippen molar-refractivity contribution in [2.45, 2.75) is 70.6 Å². The zero-order chi connectivity index (χ0) is 17.8. The van der Waals surface area contributed by atoms with Crippen LogP contribution in [-0.2, 0) is 9.47 Å². The molecule has 8 nitrogen and oxygen atoms in total. The molecule has 2 fully saturated rings. The molecule has 2 rings (SSSR count). The molecule has 8 heteroatoms. The lowest BCUT2D eigenvalue weighted by molar-refractivity contribution is -0.133. The van der Waals surface area contributed by atoms with Gasteiger partial charge in [0.1, 0.15) is 0 Å². The Bertz CT molecular complexity index is 480. The van der Waals surface area contributed by atoms with Gasteiger partial charge in [-0.15, -0.1) is 0 Å². The summed E-state index contributed by atoms with van der Waals surface area (Å²) in [5.41, 5.74) is -4.94. The van der Waals surface area contributed by atoms with E-state index in [0.717, 1.165) is 0 Å². The standard InChI is InChI=1S/C15H26N2O6/c1-12(2)14(5,20)16(10(18)22-12)8-7-9-17-11(19)23-13(3,4)15(17,6)21/h20-21H,7-9H2,1-6H3. The third-order valence-electron chi connectivity index (χ3n) is 5.22. The number of nitrogens with zero attached hydrogens (tertiary/aromatic N) is 2. The average molecular weight is 330 g/mol. The van der Waals surface area contributed by atoms with Gasteiger partial charge < -0.3 is 19.7 Å². The molecule has 0 aromatic rings. The van der Waals surface area contributed by atoms with Crippen molar-refractivity contribution < 1.29 is 29.3 Å². The highest BCUT2D eigenvalue weighted by Gasteiger charge is 2.58. The molecular weight excluding hydrogens is 304 g/mol. The third kappa shape index (κ3) is 2.53. The molecule has 0 aromatic carbocycles. The largest absolute Gasteiger partial charge is 0.438 e. The number of carbonyl (C=O) groups excluding carboxylic acids is 2. The van der Waals surface area contributed by atoms with Crippen LogP contribution >= 0.6 is 0 Å². The number of amides is 2. The molecule has 132 valence electrons. The molecule has 0 bridgehead atoms. The minimum Gasteiger partial charge on any atom is -0.438 e. The van der Waals surface area contributed by atoms with Crippen molar-refractivity contribution in [2.24, 2.45) is 0 Å². The Balaban J connectivity index is 2.01. The molecule has 2 atom stereocenters. The first-order chi connectivity index (χ1) is 10.2. The van der Waals surface area contributed by atoms with Crippen molar-refractivity contribution in [3.63, 3.8) is 0 Å².